The number of nitrogens with zero attached hydrogens (tertiary/aromatic N) is 2. The molecule has 1 aromatic heterocycles. The normalized spacial score (nSPS) is 10.9. The van der Waals surface area contributed by atoms with Gasteiger partial charge in [-0.3, -0.25) is 10.1 Å². The molecule has 0 bridgehead atoms. The molecular formula is C19H23N3O3S. The summed E-state index contributed by atoms with van der Waals surface area (Å²) >= 11 is 1.39. The molecule has 138 valence electrons. The SMILES string of the molecule is C=CCOc1ccc(/C=C/C(=O)Nc2nnc(CC(C)C)s2)cc1OC. The van der Waals surface area contributed by atoms with Crippen LogP contribution in [0.5, 0.6) is 11.5 Å². The van der Waals surface area contributed by atoms with E-state index >= 15 is 0 Å². The molecule has 1 heterocycles. The molecule has 0 radical (unpaired) electrons. The van der Waals surface area contributed by atoms with Crippen molar-refractivity contribution in [2.75, 3.05) is 19.0 Å². The highest BCUT2D eigenvalue weighted by Crippen LogP contribution is 2.28. The zero-order valence-electron chi connectivity index (χ0n) is 15.2. The van der Waals surface area contributed by atoms with E-state index in [0.29, 0.717) is 29.2 Å². The molecular weight excluding hydrogens is 350 g/mol. The summed E-state index contributed by atoms with van der Waals surface area (Å²) in [6, 6.07) is 5.44. The topological polar surface area (TPSA) is 73.3 Å². The lowest BCUT2D eigenvalue weighted by molar-refractivity contribution is -0.111. The number of benzene rings is 1. The second-order valence-corrected chi connectivity index (χ2v) is 6.99. The largest absolute Gasteiger partial charge is 0.493 e. The molecule has 1 aromatic carbocycles. The summed E-state index contributed by atoms with van der Waals surface area (Å²) in [5.74, 6) is 1.46. The summed E-state index contributed by atoms with van der Waals surface area (Å²) in [7, 11) is 1.57. The number of ether oxygens (including phenoxy) is 2. The number of carbonyl (C=O) groups excluding carboxylic acids is 1. The van der Waals surface area contributed by atoms with E-state index in [0.717, 1.165) is 17.0 Å². The lowest BCUT2D eigenvalue weighted by Crippen LogP contribution is -2.07. The summed E-state index contributed by atoms with van der Waals surface area (Å²) < 4.78 is 10.8. The molecule has 0 atom stereocenters. The average Bonchev–Trinajstić information content (AvgIpc) is 3.04. The third-order valence-corrected chi connectivity index (χ3v) is 4.11. The fourth-order valence-electron chi connectivity index (χ4n) is 2.11. The van der Waals surface area contributed by atoms with Gasteiger partial charge in [0.25, 0.3) is 0 Å². The molecule has 0 fully saturated rings. The van der Waals surface area contributed by atoms with Crippen LogP contribution < -0.4 is 14.8 Å². The van der Waals surface area contributed by atoms with Crippen molar-refractivity contribution in [3.8, 4) is 11.5 Å². The predicted octanol–water partition coefficient (Wildman–Crippen LogP) is 3.96. The monoisotopic (exact) mass is 373 g/mol. The minimum atomic E-state index is -0.261. The van der Waals surface area contributed by atoms with E-state index in [2.05, 4.69) is 35.9 Å². The third kappa shape index (κ3) is 6.00. The number of hydrogen-bond acceptors (Lipinski definition) is 6. The van der Waals surface area contributed by atoms with Gasteiger partial charge in [0.05, 0.1) is 7.11 Å². The van der Waals surface area contributed by atoms with Crippen LogP contribution in [0.1, 0.15) is 24.4 Å². The minimum Gasteiger partial charge on any atom is -0.493 e. The van der Waals surface area contributed by atoms with E-state index in [4.69, 9.17) is 9.47 Å². The second kappa shape index (κ2) is 9.72. The van der Waals surface area contributed by atoms with Crippen molar-refractivity contribution in [2.45, 2.75) is 20.3 Å². The Morgan fingerprint density at radius 3 is 2.85 bits per heavy atom. The third-order valence-electron chi connectivity index (χ3n) is 3.25. The van der Waals surface area contributed by atoms with Gasteiger partial charge >= 0.3 is 0 Å². The lowest BCUT2D eigenvalue weighted by Gasteiger charge is -2.09. The number of methoxy groups -OCH3 is 1. The van der Waals surface area contributed by atoms with E-state index in [-0.39, 0.29) is 5.91 Å². The van der Waals surface area contributed by atoms with Crippen molar-refractivity contribution in [1.82, 2.24) is 10.2 Å². The summed E-state index contributed by atoms with van der Waals surface area (Å²) in [6.07, 6.45) is 5.66. The number of hydrogen-bond donors (Lipinski definition) is 1. The first-order valence-electron chi connectivity index (χ1n) is 8.25. The van der Waals surface area contributed by atoms with Crippen LogP contribution in [0.2, 0.25) is 0 Å². The van der Waals surface area contributed by atoms with Crippen molar-refractivity contribution in [1.29, 1.82) is 0 Å². The highest BCUT2D eigenvalue weighted by atomic mass is 32.1. The number of nitrogens with one attached hydrogen (secondary N) is 1. The van der Waals surface area contributed by atoms with Gasteiger partial charge in [0.2, 0.25) is 11.0 Å². The minimum absolute atomic E-state index is 0.261. The van der Waals surface area contributed by atoms with Crippen LogP contribution in [-0.4, -0.2) is 29.8 Å². The van der Waals surface area contributed by atoms with Crippen LogP contribution >= 0.6 is 11.3 Å². The van der Waals surface area contributed by atoms with Crippen LogP contribution in [0.15, 0.2) is 36.9 Å². The Morgan fingerprint density at radius 2 is 2.15 bits per heavy atom. The van der Waals surface area contributed by atoms with Gasteiger partial charge in [0, 0.05) is 12.5 Å². The van der Waals surface area contributed by atoms with Crippen LogP contribution in [0.3, 0.4) is 0 Å². The fraction of sp³-hybridized carbons (Fsp3) is 0.316. The van der Waals surface area contributed by atoms with Crippen molar-refractivity contribution in [2.24, 2.45) is 5.92 Å². The average molecular weight is 373 g/mol. The van der Waals surface area contributed by atoms with Crippen LogP contribution in [0, 0.1) is 5.92 Å². The predicted molar refractivity (Wildman–Crippen MR) is 105 cm³/mol. The maximum Gasteiger partial charge on any atom is 0.250 e. The van der Waals surface area contributed by atoms with Crippen molar-refractivity contribution < 1.29 is 14.3 Å². The van der Waals surface area contributed by atoms with Gasteiger partial charge < -0.3 is 9.47 Å². The number of anilines is 1. The van der Waals surface area contributed by atoms with E-state index in [1.807, 2.05) is 6.07 Å². The summed E-state index contributed by atoms with van der Waals surface area (Å²) in [6.45, 7) is 8.25. The first-order valence-corrected chi connectivity index (χ1v) is 9.06. The first-order chi connectivity index (χ1) is 12.5. The van der Waals surface area contributed by atoms with Gasteiger partial charge in [-0.05, 0) is 29.7 Å². The second-order valence-electron chi connectivity index (χ2n) is 5.93. The van der Waals surface area contributed by atoms with Crippen molar-refractivity contribution in [3.05, 3.63) is 47.5 Å². The first kappa shape index (κ1) is 19.7. The Hall–Kier alpha value is -2.67. The molecule has 0 saturated carbocycles. The number of amides is 1. The molecule has 0 saturated heterocycles. The Labute approximate surface area is 157 Å². The fourth-order valence-corrected chi connectivity index (χ4v) is 3.07. The Balaban J connectivity index is 1.98. The molecule has 7 heteroatoms. The maximum absolute atomic E-state index is 12.1. The van der Waals surface area contributed by atoms with Gasteiger partial charge in [-0.2, -0.15) is 0 Å². The van der Waals surface area contributed by atoms with Crippen molar-refractivity contribution in [3.63, 3.8) is 0 Å². The van der Waals surface area contributed by atoms with Gasteiger partial charge in [-0.1, -0.05) is 43.9 Å². The quantitative estimate of drug-likeness (QED) is 0.532. The molecule has 26 heavy (non-hydrogen) atoms. The standard InChI is InChI=1S/C19H23N3O3S/c1-5-10-25-15-8-6-14(12-16(15)24-4)7-9-17(23)20-19-22-21-18(26-19)11-13(2)3/h5-9,12-13H,1,10-11H2,2-4H3,(H,20,22,23)/b9-7+. The van der Waals surface area contributed by atoms with Crippen LogP contribution in [0.25, 0.3) is 6.08 Å². The molecule has 0 aliphatic carbocycles. The van der Waals surface area contributed by atoms with E-state index < -0.39 is 0 Å². The highest BCUT2D eigenvalue weighted by Gasteiger charge is 2.08. The van der Waals surface area contributed by atoms with Gasteiger partial charge in [0.1, 0.15) is 11.6 Å². The molecule has 2 aromatic rings. The Morgan fingerprint density at radius 1 is 1.35 bits per heavy atom. The smallest absolute Gasteiger partial charge is 0.250 e. The molecule has 0 spiro atoms. The molecule has 0 aliphatic rings. The molecule has 1 amide bonds. The summed E-state index contributed by atoms with van der Waals surface area (Å²) in [4.78, 5) is 12.1. The number of aromatic nitrogens is 2. The van der Waals surface area contributed by atoms with Crippen LogP contribution in [0.4, 0.5) is 5.13 Å². The molecule has 0 unspecified atom stereocenters. The zero-order valence-corrected chi connectivity index (χ0v) is 16.0. The van der Waals surface area contributed by atoms with Gasteiger partial charge in [-0.15, -0.1) is 10.2 Å². The molecule has 1 N–H and O–H groups in total. The Bertz CT molecular complexity index is 784. The lowest BCUT2D eigenvalue weighted by atomic mass is 10.1. The van der Waals surface area contributed by atoms with E-state index in [1.165, 1.54) is 17.4 Å². The molecule has 6 nitrogen and oxygen atoms in total. The van der Waals surface area contributed by atoms with E-state index in [9.17, 15) is 4.79 Å². The summed E-state index contributed by atoms with van der Waals surface area (Å²) in [5, 5.41) is 12.2. The number of carbonyl (C=O) groups is 1. The highest BCUT2D eigenvalue weighted by molar-refractivity contribution is 7.15. The summed E-state index contributed by atoms with van der Waals surface area (Å²) in [5.41, 5.74) is 0.820. The maximum atomic E-state index is 12.1. The van der Waals surface area contributed by atoms with Gasteiger partial charge in [-0.25, -0.2) is 0 Å². The van der Waals surface area contributed by atoms with E-state index in [1.54, 1.807) is 31.4 Å². The van der Waals surface area contributed by atoms with Crippen LogP contribution in [-0.2, 0) is 11.2 Å². The Kier molecular flexibility index (Phi) is 7.35. The molecule has 0 aliphatic heterocycles. The molecule has 2 rings (SSSR count). The zero-order chi connectivity index (χ0) is 18.9. The van der Waals surface area contributed by atoms with Crippen molar-refractivity contribution >= 4 is 28.5 Å². The number of rotatable bonds is 9. The van der Waals surface area contributed by atoms with Gasteiger partial charge in [0.15, 0.2) is 11.5 Å².